The molecule has 16 heavy (non-hydrogen) atoms. The van der Waals surface area contributed by atoms with Crippen molar-refractivity contribution in [3.05, 3.63) is 24.3 Å². The van der Waals surface area contributed by atoms with Crippen LogP contribution in [0, 0.1) is 0 Å². The van der Waals surface area contributed by atoms with Crippen molar-refractivity contribution in [1.29, 1.82) is 0 Å². The van der Waals surface area contributed by atoms with Gasteiger partial charge in [0.25, 0.3) is 5.91 Å². The molecule has 0 aliphatic carbocycles. The molecule has 0 bridgehead atoms. The van der Waals surface area contributed by atoms with E-state index in [0.717, 1.165) is 0 Å². The first-order valence-corrected chi connectivity index (χ1v) is 5.33. The molecule has 0 atom stereocenters. The molecule has 0 unspecified atom stereocenters. The zero-order chi connectivity index (χ0) is 12.0. The highest BCUT2D eigenvalue weighted by molar-refractivity contribution is 5.93. The molecule has 1 aromatic heterocycles. The minimum atomic E-state index is -0.0935. The number of nitrogens with zero attached hydrogens (tertiary/aromatic N) is 3. The summed E-state index contributed by atoms with van der Waals surface area (Å²) < 4.78 is 0. The van der Waals surface area contributed by atoms with Crippen molar-refractivity contribution in [2.75, 3.05) is 13.2 Å². The molecule has 1 heterocycles. The van der Waals surface area contributed by atoms with E-state index in [0.29, 0.717) is 18.5 Å². The molecule has 0 aromatic carbocycles. The highest BCUT2D eigenvalue weighted by Crippen LogP contribution is 2.07. The van der Waals surface area contributed by atoms with Crippen LogP contribution in [-0.4, -0.2) is 45.1 Å². The second-order valence-corrected chi connectivity index (χ2v) is 3.80. The van der Waals surface area contributed by atoms with Crippen LogP contribution < -0.4 is 0 Å². The Labute approximate surface area is 95.1 Å². The Morgan fingerprint density at radius 1 is 1.44 bits per heavy atom. The quantitative estimate of drug-likeness (QED) is 0.798. The fourth-order valence-electron chi connectivity index (χ4n) is 1.41. The van der Waals surface area contributed by atoms with Crippen LogP contribution in [0.2, 0.25) is 0 Å². The Morgan fingerprint density at radius 2 is 2.06 bits per heavy atom. The van der Waals surface area contributed by atoms with E-state index in [1.165, 1.54) is 18.7 Å². The van der Waals surface area contributed by atoms with Gasteiger partial charge in [-0.25, -0.2) is 9.97 Å². The first-order chi connectivity index (χ1) is 7.66. The predicted molar refractivity (Wildman–Crippen MR) is 59.9 cm³/mol. The van der Waals surface area contributed by atoms with Gasteiger partial charge in [-0.1, -0.05) is 0 Å². The van der Waals surface area contributed by atoms with Gasteiger partial charge in [-0.2, -0.15) is 0 Å². The smallest absolute Gasteiger partial charge is 0.257 e. The van der Waals surface area contributed by atoms with Crippen LogP contribution >= 0.6 is 0 Å². The third-order valence-corrected chi connectivity index (χ3v) is 2.25. The Bertz CT molecular complexity index is 327. The molecule has 5 nitrogen and oxygen atoms in total. The number of hydrogen-bond donors (Lipinski definition) is 1. The Morgan fingerprint density at radius 3 is 2.56 bits per heavy atom. The maximum atomic E-state index is 12.1. The summed E-state index contributed by atoms with van der Waals surface area (Å²) in [6.45, 7) is 4.52. The fraction of sp³-hybridized carbons (Fsp3) is 0.545. The summed E-state index contributed by atoms with van der Waals surface area (Å²) in [6.07, 6.45) is 4.98. The Balaban J connectivity index is 2.75. The molecular formula is C11H17N3O2. The van der Waals surface area contributed by atoms with E-state index < -0.39 is 0 Å². The number of rotatable bonds is 5. The molecule has 0 saturated heterocycles. The molecule has 1 aromatic rings. The molecule has 1 rings (SSSR count). The number of carbonyl (C=O) groups is 1. The SMILES string of the molecule is CC(C)N(CCCO)C(=O)c1cncnc1. The summed E-state index contributed by atoms with van der Waals surface area (Å²) in [5.41, 5.74) is 0.481. The van der Waals surface area contributed by atoms with Crippen LogP contribution in [0.3, 0.4) is 0 Å². The minimum Gasteiger partial charge on any atom is -0.396 e. The second-order valence-electron chi connectivity index (χ2n) is 3.80. The van der Waals surface area contributed by atoms with E-state index in [9.17, 15) is 4.79 Å². The standard InChI is InChI=1S/C11H17N3O2/c1-9(2)14(4-3-5-15)11(16)10-6-12-8-13-7-10/h6-9,15H,3-5H2,1-2H3. The lowest BCUT2D eigenvalue weighted by Crippen LogP contribution is -2.38. The van der Waals surface area contributed by atoms with Crippen LogP contribution in [-0.2, 0) is 0 Å². The third-order valence-electron chi connectivity index (χ3n) is 2.25. The van der Waals surface area contributed by atoms with E-state index >= 15 is 0 Å². The molecule has 1 amide bonds. The molecule has 0 aliphatic rings. The third kappa shape index (κ3) is 3.27. The second kappa shape index (κ2) is 6.17. The molecule has 0 aliphatic heterocycles. The highest BCUT2D eigenvalue weighted by atomic mass is 16.3. The maximum absolute atomic E-state index is 12.1. The van der Waals surface area contributed by atoms with Gasteiger partial charge in [-0.05, 0) is 20.3 Å². The van der Waals surface area contributed by atoms with Crippen LogP contribution in [0.4, 0.5) is 0 Å². The summed E-state index contributed by atoms with van der Waals surface area (Å²) in [5, 5.41) is 8.79. The highest BCUT2D eigenvalue weighted by Gasteiger charge is 2.18. The summed E-state index contributed by atoms with van der Waals surface area (Å²) in [7, 11) is 0. The number of aromatic nitrogens is 2. The number of aliphatic hydroxyl groups excluding tert-OH is 1. The zero-order valence-corrected chi connectivity index (χ0v) is 9.63. The van der Waals surface area contributed by atoms with Gasteiger partial charge in [0.05, 0.1) is 5.56 Å². The number of hydrogen-bond acceptors (Lipinski definition) is 4. The normalized spacial score (nSPS) is 10.5. The lowest BCUT2D eigenvalue weighted by Gasteiger charge is -2.26. The molecule has 0 radical (unpaired) electrons. The minimum absolute atomic E-state index is 0.0851. The average Bonchev–Trinajstić information content (AvgIpc) is 2.30. The van der Waals surface area contributed by atoms with Gasteiger partial charge in [-0.3, -0.25) is 4.79 Å². The van der Waals surface area contributed by atoms with E-state index in [2.05, 4.69) is 9.97 Å². The molecule has 0 spiro atoms. The van der Waals surface area contributed by atoms with Gasteiger partial charge >= 0.3 is 0 Å². The number of aliphatic hydroxyl groups is 1. The van der Waals surface area contributed by atoms with Gasteiger partial charge in [0.15, 0.2) is 0 Å². The summed E-state index contributed by atoms with van der Waals surface area (Å²) in [4.78, 5) is 21.4. The summed E-state index contributed by atoms with van der Waals surface area (Å²) in [6, 6.07) is 0.0965. The van der Waals surface area contributed by atoms with Crippen LogP contribution in [0.15, 0.2) is 18.7 Å². The van der Waals surface area contributed by atoms with Gasteiger partial charge < -0.3 is 10.0 Å². The van der Waals surface area contributed by atoms with Crippen molar-refractivity contribution in [1.82, 2.24) is 14.9 Å². The van der Waals surface area contributed by atoms with Crippen molar-refractivity contribution in [2.24, 2.45) is 0 Å². The molecule has 88 valence electrons. The van der Waals surface area contributed by atoms with Gasteiger partial charge in [0.1, 0.15) is 6.33 Å². The first-order valence-electron chi connectivity index (χ1n) is 5.33. The van der Waals surface area contributed by atoms with E-state index in [4.69, 9.17) is 5.11 Å². The lowest BCUT2D eigenvalue weighted by atomic mass is 10.2. The van der Waals surface area contributed by atoms with Gasteiger partial charge in [0.2, 0.25) is 0 Å². The van der Waals surface area contributed by atoms with E-state index in [1.807, 2.05) is 13.8 Å². The van der Waals surface area contributed by atoms with Crippen LogP contribution in [0.25, 0.3) is 0 Å². The molecule has 0 fully saturated rings. The van der Waals surface area contributed by atoms with E-state index in [-0.39, 0.29) is 18.6 Å². The number of carbonyl (C=O) groups excluding carboxylic acids is 1. The number of amides is 1. The Kier molecular flexibility index (Phi) is 4.85. The van der Waals surface area contributed by atoms with Crippen molar-refractivity contribution in [3.63, 3.8) is 0 Å². The summed E-state index contributed by atoms with van der Waals surface area (Å²) >= 11 is 0. The molecule has 0 saturated carbocycles. The molecule has 1 N–H and O–H groups in total. The van der Waals surface area contributed by atoms with Crippen molar-refractivity contribution in [2.45, 2.75) is 26.3 Å². The van der Waals surface area contributed by atoms with Crippen LogP contribution in [0.5, 0.6) is 0 Å². The topological polar surface area (TPSA) is 66.3 Å². The first kappa shape index (κ1) is 12.6. The van der Waals surface area contributed by atoms with E-state index in [1.54, 1.807) is 4.90 Å². The lowest BCUT2D eigenvalue weighted by molar-refractivity contribution is 0.0692. The molecular weight excluding hydrogens is 206 g/mol. The maximum Gasteiger partial charge on any atom is 0.257 e. The van der Waals surface area contributed by atoms with Crippen molar-refractivity contribution in [3.8, 4) is 0 Å². The van der Waals surface area contributed by atoms with Gasteiger partial charge in [-0.15, -0.1) is 0 Å². The zero-order valence-electron chi connectivity index (χ0n) is 9.63. The van der Waals surface area contributed by atoms with Crippen molar-refractivity contribution < 1.29 is 9.90 Å². The predicted octanol–water partition coefficient (Wildman–Crippen LogP) is 0.710. The van der Waals surface area contributed by atoms with Crippen LogP contribution in [0.1, 0.15) is 30.6 Å². The van der Waals surface area contributed by atoms with Crippen molar-refractivity contribution >= 4 is 5.91 Å². The Hall–Kier alpha value is -1.49. The fourth-order valence-corrected chi connectivity index (χ4v) is 1.41. The van der Waals surface area contributed by atoms with Gasteiger partial charge in [0, 0.05) is 31.6 Å². The average molecular weight is 223 g/mol. The monoisotopic (exact) mass is 223 g/mol. The summed E-state index contributed by atoms with van der Waals surface area (Å²) in [5.74, 6) is -0.0935. The largest absolute Gasteiger partial charge is 0.396 e. The molecule has 5 heteroatoms.